The van der Waals surface area contributed by atoms with E-state index in [0.717, 1.165) is 17.5 Å². The Kier molecular flexibility index (Phi) is 7.00. The third-order valence-electron chi connectivity index (χ3n) is 6.58. The second kappa shape index (κ2) is 9.95. The van der Waals surface area contributed by atoms with Gasteiger partial charge in [-0.3, -0.25) is 15.0 Å². The maximum atomic E-state index is 13.7. The molecule has 1 aliphatic rings. The fraction of sp³-hybridized carbons (Fsp3) is 0.308. The van der Waals surface area contributed by atoms with Crippen LogP contribution >= 0.6 is 0 Å². The number of aryl methyl sites for hydroxylation is 1. The third kappa shape index (κ3) is 4.83. The summed E-state index contributed by atoms with van der Waals surface area (Å²) in [4.78, 5) is 16.9. The normalized spacial score (nSPS) is 20.5. The summed E-state index contributed by atoms with van der Waals surface area (Å²) in [6.45, 7) is 1.98. The number of amides is 1. The van der Waals surface area contributed by atoms with E-state index in [4.69, 9.17) is 4.74 Å². The van der Waals surface area contributed by atoms with Crippen molar-refractivity contribution in [2.45, 2.75) is 48.7 Å². The number of hydrogen-bond acceptors (Lipinski definition) is 6. The van der Waals surface area contributed by atoms with Crippen LogP contribution in [0.4, 0.5) is 0 Å². The lowest BCUT2D eigenvalue weighted by Gasteiger charge is -2.37. The van der Waals surface area contributed by atoms with E-state index in [2.05, 4.69) is 4.98 Å². The van der Waals surface area contributed by atoms with Crippen molar-refractivity contribution in [1.82, 2.24) is 10.5 Å². The van der Waals surface area contributed by atoms with Crippen LogP contribution in [0.5, 0.6) is 11.5 Å². The minimum absolute atomic E-state index is 0.0260. The maximum Gasteiger partial charge on any atom is 0.265 e. The van der Waals surface area contributed by atoms with E-state index in [9.17, 15) is 18.4 Å². The summed E-state index contributed by atoms with van der Waals surface area (Å²) in [5.74, 6) is 0.490. The Labute approximate surface area is 199 Å². The van der Waals surface area contributed by atoms with E-state index in [1.54, 1.807) is 30.0 Å². The Morgan fingerprint density at radius 3 is 2.24 bits per heavy atom. The minimum Gasteiger partial charge on any atom is -0.457 e. The molecule has 178 valence electrons. The number of hydrogen-bond donors (Lipinski definition) is 2. The highest BCUT2D eigenvalue weighted by Gasteiger charge is 2.53. The smallest absolute Gasteiger partial charge is 0.265 e. The largest absolute Gasteiger partial charge is 0.457 e. The summed E-state index contributed by atoms with van der Waals surface area (Å²) in [5.41, 5.74) is 3.80. The second-order valence-corrected chi connectivity index (χ2v) is 11.1. The first kappa shape index (κ1) is 23.9. The van der Waals surface area contributed by atoms with Gasteiger partial charge in [-0.15, -0.1) is 0 Å². The molecule has 2 aromatic carbocycles. The van der Waals surface area contributed by atoms with Gasteiger partial charge in [0.15, 0.2) is 14.6 Å². The molecule has 2 N–H and O–H groups in total. The van der Waals surface area contributed by atoms with Crippen LogP contribution in [0.1, 0.15) is 36.8 Å². The molecule has 7 nitrogen and oxygen atoms in total. The van der Waals surface area contributed by atoms with Crippen LogP contribution in [-0.4, -0.2) is 29.3 Å². The van der Waals surface area contributed by atoms with Crippen molar-refractivity contribution in [3.8, 4) is 11.5 Å². The molecule has 1 amide bonds. The molecule has 0 atom stereocenters. The van der Waals surface area contributed by atoms with Gasteiger partial charge in [-0.25, -0.2) is 13.9 Å². The van der Waals surface area contributed by atoms with Crippen LogP contribution in [0, 0.1) is 12.8 Å². The van der Waals surface area contributed by atoms with Gasteiger partial charge in [0.25, 0.3) is 5.91 Å². The lowest BCUT2D eigenvalue weighted by atomic mass is 9.78. The number of benzene rings is 2. The zero-order chi connectivity index (χ0) is 24.2. The first-order chi connectivity index (χ1) is 16.3. The summed E-state index contributed by atoms with van der Waals surface area (Å²) in [6.07, 6.45) is 5.66. The van der Waals surface area contributed by atoms with Gasteiger partial charge in [-0.05, 0) is 93.0 Å². The summed E-state index contributed by atoms with van der Waals surface area (Å²) >= 11 is 0. The number of sulfone groups is 1. The van der Waals surface area contributed by atoms with Crippen LogP contribution in [0.15, 0.2) is 78.0 Å². The molecule has 3 aromatic rings. The first-order valence-corrected chi connectivity index (χ1v) is 12.7. The molecule has 0 radical (unpaired) electrons. The number of nitrogens with one attached hydrogen (secondary N) is 1. The molecule has 34 heavy (non-hydrogen) atoms. The summed E-state index contributed by atoms with van der Waals surface area (Å²) in [7, 11) is -4.07. The number of aromatic nitrogens is 1. The lowest BCUT2D eigenvalue weighted by Crippen LogP contribution is -2.53. The number of nitrogens with zero attached hydrogens (tertiary/aromatic N) is 1. The Morgan fingerprint density at radius 2 is 1.68 bits per heavy atom. The Morgan fingerprint density at radius 1 is 1.06 bits per heavy atom. The molecule has 0 aliphatic heterocycles. The van der Waals surface area contributed by atoms with Gasteiger partial charge in [0.05, 0.1) is 4.90 Å². The van der Waals surface area contributed by atoms with Gasteiger partial charge < -0.3 is 4.74 Å². The number of ether oxygens (including phenoxy) is 1. The lowest BCUT2D eigenvalue weighted by molar-refractivity contribution is -0.133. The van der Waals surface area contributed by atoms with Gasteiger partial charge in [-0.2, -0.15) is 0 Å². The number of carbonyl (C=O) groups excluding carboxylic acids is 1. The van der Waals surface area contributed by atoms with Gasteiger partial charge in [0, 0.05) is 12.4 Å². The van der Waals surface area contributed by atoms with Crippen molar-refractivity contribution in [3.63, 3.8) is 0 Å². The molecule has 0 unspecified atom stereocenters. The highest BCUT2D eigenvalue weighted by molar-refractivity contribution is 7.93. The molecule has 0 saturated heterocycles. The molecule has 1 heterocycles. The van der Waals surface area contributed by atoms with Crippen molar-refractivity contribution < 1.29 is 23.2 Å². The van der Waals surface area contributed by atoms with E-state index in [1.165, 1.54) is 12.1 Å². The van der Waals surface area contributed by atoms with Crippen molar-refractivity contribution in [2.75, 3.05) is 0 Å². The monoisotopic (exact) mass is 480 g/mol. The maximum absolute atomic E-state index is 13.7. The number of pyridine rings is 1. The van der Waals surface area contributed by atoms with Crippen molar-refractivity contribution in [1.29, 1.82) is 0 Å². The van der Waals surface area contributed by atoms with Crippen LogP contribution < -0.4 is 10.2 Å². The van der Waals surface area contributed by atoms with Crippen LogP contribution in [0.3, 0.4) is 0 Å². The zero-order valence-electron chi connectivity index (χ0n) is 19.0. The van der Waals surface area contributed by atoms with E-state index in [-0.39, 0.29) is 23.7 Å². The molecule has 1 saturated carbocycles. The summed E-state index contributed by atoms with van der Waals surface area (Å²) < 4.78 is 31.4. The highest BCUT2D eigenvalue weighted by atomic mass is 32.2. The zero-order valence-corrected chi connectivity index (χ0v) is 19.8. The molecular weight excluding hydrogens is 452 g/mol. The molecule has 1 aromatic heterocycles. The van der Waals surface area contributed by atoms with Crippen LogP contribution in [0.2, 0.25) is 0 Å². The Bertz CT molecular complexity index is 1220. The molecule has 4 rings (SSSR count). The number of rotatable bonds is 7. The average molecular weight is 481 g/mol. The fourth-order valence-corrected chi connectivity index (χ4v) is 6.58. The molecule has 8 heteroatoms. The molecular formula is C26H28N2O5S. The average Bonchev–Trinajstić information content (AvgIpc) is 2.86. The Balaban J connectivity index is 1.52. The molecule has 0 spiro atoms. The fourth-order valence-electron chi connectivity index (χ4n) is 4.57. The van der Waals surface area contributed by atoms with Gasteiger partial charge >= 0.3 is 0 Å². The minimum atomic E-state index is -4.07. The quantitative estimate of drug-likeness (QED) is 0.377. The van der Waals surface area contributed by atoms with Gasteiger partial charge in [-0.1, -0.05) is 23.8 Å². The summed E-state index contributed by atoms with van der Waals surface area (Å²) in [6, 6.07) is 17.4. The predicted octanol–water partition coefficient (Wildman–Crippen LogP) is 4.63. The molecule has 1 fully saturated rings. The van der Waals surface area contributed by atoms with Gasteiger partial charge in [0.2, 0.25) is 0 Å². The highest BCUT2D eigenvalue weighted by Crippen LogP contribution is 2.42. The Hall–Kier alpha value is -3.23. The van der Waals surface area contributed by atoms with Crippen LogP contribution in [-0.2, 0) is 21.1 Å². The van der Waals surface area contributed by atoms with Crippen molar-refractivity contribution in [3.05, 3.63) is 84.2 Å². The third-order valence-corrected chi connectivity index (χ3v) is 9.10. The van der Waals surface area contributed by atoms with E-state index in [1.807, 2.05) is 43.3 Å². The molecule has 1 aliphatic carbocycles. The first-order valence-electron chi connectivity index (χ1n) is 11.3. The van der Waals surface area contributed by atoms with Crippen molar-refractivity contribution in [2.24, 2.45) is 5.92 Å². The number of hydroxylamine groups is 1. The standard InChI is InChI=1S/C26H28N2O5S/c1-19-4-6-22(7-5-19)33-23-8-10-24(11-9-23)34(31,32)26(25(29)28-30)14-12-20(13-15-26)17-21-3-2-16-27-18-21/h2-11,16,18,20,30H,12-15,17H2,1H3,(H,28,29). The van der Waals surface area contributed by atoms with E-state index in [0.29, 0.717) is 24.3 Å². The van der Waals surface area contributed by atoms with Gasteiger partial charge in [0.1, 0.15) is 11.5 Å². The topological polar surface area (TPSA) is 106 Å². The number of carbonyl (C=O) groups is 1. The van der Waals surface area contributed by atoms with E-state index >= 15 is 0 Å². The van der Waals surface area contributed by atoms with Crippen molar-refractivity contribution >= 4 is 15.7 Å². The van der Waals surface area contributed by atoms with E-state index < -0.39 is 20.5 Å². The molecule has 0 bridgehead atoms. The van der Waals surface area contributed by atoms with Crippen LogP contribution in [0.25, 0.3) is 0 Å². The second-order valence-electron chi connectivity index (χ2n) is 8.83. The predicted molar refractivity (Wildman–Crippen MR) is 127 cm³/mol. The summed E-state index contributed by atoms with van der Waals surface area (Å²) in [5, 5.41) is 9.40. The SMILES string of the molecule is Cc1ccc(Oc2ccc(S(=O)(=O)C3(C(=O)NO)CCC(Cc4cccnc4)CC3)cc2)cc1.